The molecule has 9 heteroatoms. The van der Waals surface area contributed by atoms with Gasteiger partial charge >= 0.3 is 12.2 Å². The zero-order valence-electron chi connectivity index (χ0n) is 22.3. The highest BCUT2D eigenvalue weighted by molar-refractivity contribution is 5.88. The molecule has 0 aromatic carbocycles. The van der Waals surface area contributed by atoms with Crippen LogP contribution in [-0.2, 0) is 9.47 Å². The summed E-state index contributed by atoms with van der Waals surface area (Å²) >= 11 is 0. The van der Waals surface area contributed by atoms with Crippen LogP contribution in [0, 0.1) is 18.7 Å². The van der Waals surface area contributed by atoms with E-state index in [9.17, 15) is 14.0 Å². The van der Waals surface area contributed by atoms with Gasteiger partial charge < -0.3 is 9.47 Å². The van der Waals surface area contributed by atoms with Gasteiger partial charge in [0.2, 0.25) is 0 Å². The van der Waals surface area contributed by atoms with Gasteiger partial charge in [0, 0.05) is 24.2 Å². The summed E-state index contributed by atoms with van der Waals surface area (Å²) in [6.07, 6.45) is 4.34. The summed E-state index contributed by atoms with van der Waals surface area (Å²) in [5, 5.41) is 4.89. The Balaban J connectivity index is 1.46. The maximum absolute atomic E-state index is 13.8. The minimum Gasteiger partial charge on any atom is -0.443 e. The van der Waals surface area contributed by atoms with Gasteiger partial charge in [-0.05, 0) is 92.2 Å². The number of rotatable bonds is 5. The van der Waals surface area contributed by atoms with Gasteiger partial charge in [0.1, 0.15) is 17.0 Å². The Kier molecular flexibility index (Phi) is 6.88. The second kappa shape index (κ2) is 9.48. The van der Waals surface area contributed by atoms with Crippen molar-refractivity contribution in [3.63, 3.8) is 0 Å². The molecule has 196 valence electrons. The van der Waals surface area contributed by atoms with Crippen molar-refractivity contribution in [2.24, 2.45) is 5.92 Å². The molecular weight excluding hydrogens is 463 g/mol. The number of halogens is 1. The lowest BCUT2D eigenvalue weighted by atomic mass is 9.80. The molecule has 0 spiro atoms. The third-order valence-corrected chi connectivity index (χ3v) is 6.28. The number of imide groups is 1. The molecule has 0 unspecified atom stereocenters. The first kappa shape index (κ1) is 26.1. The molecule has 2 fully saturated rings. The maximum Gasteiger partial charge on any atom is 0.419 e. The summed E-state index contributed by atoms with van der Waals surface area (Å²) in [6, 6.07) is 3.31. The number of aryl methyl sites for hydroxylation is 1. The van der Waals surface area contributed by atoms with Crippen molar-refractivity contribution < 1.29 is 23.5 Å². The molecule has 0 radical (unpaired) electrons. The van der Waals surface area contributed by atoms with Gasteiger partial charge in [-0.15, -0.1) is 0 Å². The minimum absolute atomic E-state index is 0.109. The van der Waals surface area contributed by atoms with Crippen molar-refractivity contribution in [3.8, 4) is 11.3 Å². The van der Waals surface area contributed by atoms with Crippen molar-refractivity contribution in [3.05, 3.63) is 35.5 Å². The van der Waals surface area contributed by atoms with Gasteiger partial charge in [-0.2, -0.15) is 5.10 Å². The summed E-state index contributed by atoms with van der Waals surface area (Å²) in [4.78, 5) is 31.1. The van der Waals surface area contributed by atoms with Crippen LogP contribution in [0.4, 0.5) is 14.0 Å². The number of nitrogens with zero attached hydrogens (tertiary/aromatic N) is 4. The van der Waals surface area contributed by atoms with Crippen molar-refractivity contribution in [1.29, 1.82) is 0 Å². The quantitative estimate of drug-likeness (QED) is 0.473. The maximum atomic E-state index is 13.8. The fraction of sp³-hybridized carbons (Fsp3) is 0.630. The lowest BCUT2D eigenvalue weighted by Crippen LogP contribution is -2.47. The fourth-order valence-corrected chi connectivity index (χ4v) is 4.32. The minimum atomic E-state index is -0.725. The summed E-state index contributed by atoms with van der Waals surface area (Å²) in [7, 11) is 0. The predicted octanol–water partition coefficient (Wildman–Crippen LogP) is 6.39. The van der Waals surface area contributed by atoms with Gasteiger partial charge in [-0.3, -0.25) is 4.68 Å². The highest BCUT2D eigenvalue weighted by Crippen LogP contribution is 2.45. The number of hydrogen-bond donors (Lipinski definition) is 0. The molecule has 8 nitrogen and oxygen atoms in total. The van der Waals surface area contributed by atoms with E-state index in [4.69, 9.17) is 14.6 Å². The molecule has 2 saturated carbocycles. The van der Waals surface area contributed by atoms with Crippen LogP contribution >= 0.6 is 0 Å². The summed E-state index contributed by atoms with van der Waals surface area (Å²) in [5.41, 5.74) is 1.62. The Hall–Kier alpha value is -2.97. The SMILES string of the molecule is Cc1nc(-c2cn(C3CC(CN(C(=O)OC(C)(C)C)C(=O)OC(C)(C)C)C3)nc2C2CC2)ccc1F. The van der Waals surface area contributed by atoms with Crippen LogP contribution in [0.2, 0.25) is 0 Å². The van der Waals surface area contributed by atoms with Crippen LogP contribution in [0.15, 0.2) is 18.3 Å². The molecule has 0 aliphatic heterocycles. The number of carbonyl (C=O) groups excluding carboxylic acids is 2. The molecule has 0 N–H and O–H groups in total. The molecule has 2 amide bonds. The molecule has 0 atom stereocenters. The fourth-order valence-electron chi connectivity index (χ4n) is 4.32. The Bertz CT molecular complexity index is 1110. The van der Waals surface area contributed by atoms with E-state index in [1.807, 2.05) is 10.9 Å². The summed E-state index contributed by atoms with van der Waals surface area (Å²) in [6.45, 7) is 12.5. The topological polar surface area (TPSA) is 86.6 Å². The number of aromatic nitrogens is 3. The predicted molar refractivity (Wildman–Crippen MR) is 133 cm³/mol. The first-order chi connectivity index (χ1) is 16.7. The van der Waals surface area contributed by atoms with E-state index in [2.05, 4.69) is 4.98 Å². The highest BCUT2D eigenvalue weighted by atomic mass is 19.1. The van der Waals surface area contributed by atoms with Crippen LogP contribution in [0.3, 0.4) is 0 Å². The van der Waals surface area contributed by atoms with Gasteiger partial charge in [0.05, 0.1) is 23.1 Å². The van der Waals surface area contributed by atoms with Crippen molar-refractivity contribution in [1.82, 2.24) is 19.7 Å². The zero-order chi connectivity index (χ0) is 26.4. The lowest BCUT2D eigenvalue weighted by molar-refractivity contribution is -0.00641. The molecule has 4 rings (SSSR count). The van der Waals surface area contributed by atoms with Crippen LogP contribution < -0.4 is 0 Å². The summed E-state index contributed by atoms with van der Waals surface area (Å²) in [5.74, 6) is 0.206. The first-order valence-corrected chi connectivity index (χ1v) is 12.7. The third kappa shape index (κ3) is 6.23. The van der Waals surface area contributed by atoms with Gasteiger partial charge in [-0.25, -0.2) is 23.9 Å². The zero-order valence-corrected chi connectivity index (χ0v) is 22.3. The number of amides is 2. The molecule has 2 aliphatic rings. The van der Waals surface area contributed by atoms with E-state index in [0.717, 1.165) is 47.5 Å². The Morgan fingerprint density at radius 3 is 2.14 bits per heavy atom. The Morgan fingerprint density at radius 1 is 1.06 bits per heavy atom. The molecule has 0 saturated heterocycles. The van der Waals surface area contributed by atoms with Crippen LogP contribution in [0.1, 0.15) is 90.6 Å². The standard InChI is InChI=1S/C27H37FN4O4/c1-16-21(28)10-11-22(29-16)20-15-32(30-23(20)18-8-9-18)19-12-17(13-19)14-31(24(33)35-26(2,3)4)25(34)36-27(5,6)7/h10-11,15,17-19H,8-9,12-14H2,1-7H3. The molecule has 36 heavy (non-hydrogen) atoms. The highest BCUT2D eigenvalue weighted by Gasteiger charge is 2.39. The Morgan fingerprint density at radius 2 is 1.64 bits per heavy atom. The number of hydrogen-bond acceptors (Lipinski definition) is 6. The van der Waals surface area contributed by atoms with Gasteiger partial charge in [0.15, 0.2) is 0 Å². The van der Waals surface area contributed by atoms with Gasteiger partial charge in [-0.1, -0.05) is 0 Å². The number of carbonyl (C=O) groups is 2. The van der Waals surface area contributed by atoms with E-state index >= 15 is 0 Å². The molecule has 2 aliphatic carbocycles. The molecule has 2 aromatic heterocycles. The monoisotopic (exact) mass is 500 g/mol. The van der Waals surface area contributed by atoms with Crippen molar-refractivity contribution in [2.45, 2.75) is 97.3 Å². The smallest absolute Gasteiger partial charge is 0.419 e. The van der Waals surface area contributed by atoms with Crippen LogP contribution in [0.25, 0.3) is 11.3 Å². The molecule has 2 heterocycles. The number of pyridine rings is 1. The van der Waals surface area contributed by atoms with Crippen LogP contribution in [0.5, 0.6) is 0 Å². The molecule has 2 aromatic rings. The number of ether oxygens (including phenoxy) is 2. The second-order valence-electron chi connectivity index (χ2n) is 12.0. The van der Waals surface area contributed by atoms with Crippen LogP contribution in [-0.4, -0.2) is 49.6 Å². The van der Waals surface area contributed by atoms with E-state index in [0.29, 0.717) is 11.6 Å². The van der Waals surface area contributed by atoms with Crippen molar-refractivity contribution >= 4 is 12.2 Å². The normalized spacial score (nSPS) is 20.0. The van der Waals surface area contributed by atoms with E-state index in [1.54, 1.807) is 54.5 Å². The third-order valence-electron chi connectivity index (χ3n) is 6.28. The lowest BCUT2D eigenvalue weighted by Gasteiger charge is -2.38. The van der Waals surface area contributed by atoms with Crippen molar-refractivity contribution in [2.75, 3.05) is 6.54 Å². The van der Waals surface area contributed by atoms with Gasteiger partial charge in [0.25, 0.3) is 0 Å². The first-order valence-electron chi connectivity index (χ1n) is 12.7. The summed E-state index contributed by atoms with van der Waals surface area (Å²) < 4.78 is 26.7. The largest absolute Gasteiger partial charge is 0.443 e. The molecule has 0 bridgehead atoms. The van der Waals surface area contributed by atoms with E-state index in [1.165, 1.54) is 6.07 Å². The second-order valence-corrected chi connectivity index (χ2v) is 12.0. The Labute approximate surface area is 212 Å². The van der Waals surface area contributed by atoms with E-state index in [-0.39, 0.29) is 24.3 Å². The average Bonchev–Trinajstić information content (AvgIpc) is 3.45. The average molecular weight is 501 g/mol. The molecular formula is C27H37FN4O4. The van der Waals surface area contributed by atoms with E-state index < -0.39 is 23.4 Å².